The number of nitrogens with two attached hydrogens (primary N) is 1. The summed E-state index contributed by atoms with van der Waals surface area (Å²) in [7, 11) is 0. The van der Waals surface area contributed by atoms with Gasteiger partial charge in [-0.1, -0.05) is 11.6 Å². The van der Waals surface area contributed by atoms with Crippen LogP contribution in [0.2, 0.25) is 5.02 Å². The molecule has 0 saturated carbocycles. The molecule has 2 heterocycles. The second kappa shape index (κ2) is 3.99. The molecule has 0 aliphatic rings. The number of fused-ring (bicyclic) bond motifs is 1. The maximum absolute atomic E-state index is 6.04. The fourth-order valence-corrected chi connectivity index (χ4v) is 2.09. The Labute approximate surface area is 109 Å². The Morgan fingerprint density at radius 3 is 2.78 bits per heavy atom. The molecular weight excluding hydrogens is 248 g/mol. The van der Waals surface area contributed by atoms with Crippen LogP contribution in [0.4, 0.5) is 5.69 Å². The molecule has 4 nitrogen and oxygen atoms in total. The van der Waals surface area contributed by atoms with Gasteiger partial charge in [0, 0.05) is 35.1 Å². The standard InChI is InChI=1S/C13H11ClN4/c1-8-11(14)7-18(17-8)13-3-2-12(15)9-4-5-16-6-10(9)13/h2-7H,15H2,1H3. The van der Waals surface area contributed by atoms with Crippen molar-refractivity contribution >= 4 is 28.1 Å². The van der Waals surface area contributed by atoms with E-state index in [9.17, 15) is 0 Å². The Morgan fingerprint density at radius 2 is 2.06 bits per heavy atom. The molecule has 0 bridgehead atoms. The molecule has 0 spiro atoms. The Hall–Kier alpha value is -2.07. The molecule has 0 atom stereocenters. The van der Waals surface area contributed by atoms with E-state index in [-0.39, 0.29) is 0 Å². The monoisotopic (exact) mass is 258 g/mol. The number of aryl methyl sites for hydroxylation is 1. The minimum atomic E-state index is 0.642. The Bertz CT molecular complexity index is 713. The number of aromatic nitrogens is 3. The number of rotatable bonds is 1. The summed E-state index contributed by atoms with van der Waals surface area (Å²) in [6, 6.07) is 5.68. The average Bonchev–Trinajstić information content (AvgIpc) is 2.70. The van der Waals surface area contributed by atoms with Gasteiger partial charge in [-0.15, -0.1) is 0 Å². The molecule has 0 unspecified atom stereocenters. The van der Waals surface area contributed by atoms with Crippen molar-refractivity contribution in [3.63, 3.8) is 0 Å². The van der Waals surface area contributed by atoms with Crippen LogP contribution in [0.25, 0.3) is 16.5 Å². The zero-order chi connectivity index (χ0) is 12.7. The second-order valence-electron chi connectivity index (χ2n) is 4.10. The van der Waals surface area contributed by atoms with E-state index in [4.69, 9.17) is 17.3 Å². The number of anilines is 1. The quantitative estimate of drug-likeness (QED) is 0.683. The number of nitrogens with zero attached hydrogens (tertiary/aromatic N) is 3. The molecule has 5 heteroatoms. The van der Waals surface area contributed by atoms with Crippen molar-refractivity contribution in [1.82, 2.24) is 14.8 Å². The van der Waals surface area contributed by atoms with Gasteiger partial charge in [0.25, 0.3) is 0 Å². The summed E-state index contributed by atoms with van der Waals surface area (Å²) in [5.41, 5.74) is 8.40. The van der Waals surface area contributed by atoms with Crippen LogP contribution >= 0.6 is 11.6 Å². The lowest BCUT2D eigenvalue weighted by Crippen LogP contribution is -1.98. The van der Waals surface area contributed by atoms with Gasteiger partial charge in [0.1, 0.15) is 0 Å². The number of pyridine rings is 1. The minimum Gasteiger partial charge on any atom is -0.398 e. The summed E-state index contributed by atoms with van der Waals surface area (Å²) in [6.07, 6.45) is 5.30. The highest BCUT2D eigenvalue weighted by atomic mass is 35.5. The molecule has 18 heavy (non-hydrogen) atoms. The van der Waals surface area contributed by atoms with Crippen LogP contribution in [0.5, 0.6) is 0 Å². The van der Waals surface area contributed by atoms with Gasteiger partial charge in [0.15, 0.2) is 0 Å². The molecule has 2 N–H and O–H groups in total. The highest BCUT2D eigenvalue weighted by Crippen LogP contribution is 2.27. The largest absolute Gasteiger partial charge is 0.398 e. The molecule has 0 fully saturated rings. The van der Waals surface area contributed by atoms with Crippen LogP contribution in [0.3, 0.4) is 0 Å². The molecule has 90 valence electrons. The molecule has 1 aromatic carbocycles. The first-order chi connectivity index (χ1) is 8.66. The van der Waals surface area contributed by atoms with Crippen molar-refractivity contribution in [3.05, 3.63) is 47.5 Å². The molecule has 0 amide bonds. The maximum atomic E-state index is 6.04. The predicted octanol–water partition coefficient (Wildman–Crippen LogP) is 2.96. The van der Waals surface area contributed by atoms with E-state index in [2.05, 4.69) is 10.1 Å². The van der Waals surface area contributed by atoms with Crippen LogP contribution in [0.1, 0.15) is 5.69 Å². The third-order valence-corrected chi connectivity index (χ3v) is 3.29. The molecule has 0 radical (unpaired) electrons. The molecular formula is C13H11ClN4. The summed E-state index contributed by atoms with van der Waals surface area (Å²) in [4.78, 5) is 4.14. The topological polar surface area (TPSA) is 56.7 Å². The van der Waals surface area contributed by atoms with Crippen LogP contribution in [0.15, 0.2) is 36.8 Å². The van der Waals surface area contributed by atoms with Gasteiger partial charge in [-0.05, 0) is 25.1 Å². The van der Waals surface area contributed by atoms with E-state index in [0.29, 0.717) is 5.02 Å². The first-order valence-corrected chi connectivity index (χ1v) is 5.89. The van der Waals surface area contributed by atoms with Gasteiger partial charge < -0.3 is 5.73 Å². The maximum Gasteiger partial charge on any atom is 0.0819 e. The minimum absolute atomic E-state index is 0.642. The van der Waals surface area contributed by atoms with Gasteiger partial charge in [-0.25, -0.2) is 4.68 Å². The summed E-state index contributed by atoms with van der Waals surface area (Å²) in [5, 5.41) is 6.94. The van der Waals surface area contributed by atoms with Gasteiger partial charge in [0.05, 0.1) is 16.4 Å². The normalized spacial score (nSPS) is 11.0. The van der Waals surface area contributed by atoms with Crippen molar-refractivity contribution < 1.29 is 0 Å². The number of hydrogen-bond donors (Lipinski definition) is 1. The Morgan fingerprint density at radius 1 is 1.22 bits per heavy atom. The zero-order valence-corrected chi connectivity index (χ0v) is 10.5. The van der Waals surface area contributed by atoms with E-state index in [0.717, 1.165) is 27.8 Å². The molecule has 0 aliphatic heterocycles. The van der Waals surface area contributed by atoms with E-state index in [1.807, 2.05) is 25.1 Å². The molecule has 2 aromatic heterocycles. The van der Waals surface area contributed by atoms with Crippen molar-refractivity contribution in [2.24, 2.45) is 0 Å². The van der Waals surface area contributed by atoms with E-state index >= 15 is 0 Å². The summed E-state index contributed by atoms with van der Waals surface area (Å²) >= 11 is 6.04. The summed E-state index contributed by atoms with van der Waals surface area (Å²) in [5.74, 6) is 0. The second-order valence-corrected chi connectivity index (χ2v) is 4.51. The van der Waals surface area contributed by atoms with E-state index in [1.54, 1.807) is 23.3 Å². The molecule has 0 aliphatic carbocycles. The van der Waals surface area contributed by atoms with E-state index in [1.165, 1.54) is 0 Å². The van der Waals surface area contributed by atoms with Gasteiger partial charge in [-0.2, -0.15) is 5.10 Å². The third kappa shape index (κ3) is 1.62. The smallest absolute Gasteiger partial charge is 0.0819 e. The molecule has 0 saturated heterocycles. The highest BCUT2D eigenvalue weighted by molar-refractivity contribution is 6.31. The van der Waals surface area contributed by atoms with Crippen molar-refractivity contribution in [3.8, 4) is 5.69 Å². The van der Waals surface area contributed by atoms with Crippen molar-refractivity contribution in [1.29, 1.82) is 0 Å². The molecule has 3 aromatic rings. The fourth-order valence-electron chi connectivity index (χ4n) is 1.96. The zero-order valence-electron chi connectivity index (χ0n) is 9.76. The van der Waals surface area contributed by atoms with Gasteiger partial charge in [0.2, 0.25) is 0 Å². The van der Waals surface area contributed by atoms with Crippen LogP contribution in [-0.2, 0) is 0 Å². The average molecular weight is 259 g/mol. The predicted molar refractivity (Wildman–Crippen MR) is 73.0 cm³/mol. The lowest BCUT2D eigenvalue weighted by Gasteiger charge is -2.08. The van der Waals surface area contributed by atoms with Crippen molar-refractivity contribution in [2.75, 3.05) is 5.73 Å². The van der Waals surface area contributed by atoms with Crippen LogP contribution in [-0.4, -0.2) is 14.8 Å². The summed E-state index contributed by atoms with van der Waals surface area (Å²) < 4.78 is 1.75. The number of benzene rings is 1. The first kappa shape index (κ1) is 11.0. The Kier molecular flexibility index (Phi) is 2.45. The van der Waals surface area contributed by atoms with E-state index < -0.39 is 0 Å². The van der Waals surface area contributed by atoms with Gasteiger partial charge >= 0.3 is 0 Å². The van der Waals surface area contributed by atoms with Crippen LogP contribution < -0.4 is 5.73 Å². The van der Waals surface area contributed by atoms with Crippen molar-refractivity contribution in [2.45, 2.75) is 6.92 Å². The Balaban J connectivity index is 2.33. The highest BCUT2D eigenvalue weighted by Gasteiger charge is 2.09. The van der Waals surface area contributed by atoms with Gasteiger partial charge in [-0.3, -0.25) is 4.98 Å². The SMILES string of the molecule is Cc1nn(-c2ccc(N)c3ccncc23)cc1Cl. The first-order valence-electron chi connectivity index (χ1n) is 5.51. The molecule has 3 rings (SSSR count). The summed E-state index contributed by atoms with van der Waals surface area (Å²) in [6.45, 7) is 1.87. The van der Waals surface area contributed by atoms with Crippen LogP contribution in [0, 0.1) is 6.92 Å². The number of halogens is 1. The number of nitrogen functional groups attached to an aromatic ring is 1. The lowest BCUT2D eigenvalue weighted by molar-refractivity contribution is 0.869. The fraction of sp³-hybridized carbons (Fsp3) is 0.0769. The third-order valence-electron chi connectivity index (χ3n) is 2.91. The number of hydrogen-bond acceptors (Lipinski definition) is 3. The lowest BCUT2D eigenvalue weighted by atomic mass is 10.1.